The third-order valence-corrected chi connectivity index (χ3v) is 5.25. The van der Waals surface area contributed by atoms with Gasteiger partial charge in [0.25, 0.3) is 0 Å². The molecule has 1 aromatic heterocycles. The molecule has 2 aromatic rings. The number of rotatable bonds is 9. The van der Waals surface area contributed by atoms with Gasteiger partial charge < -0.3 is 9.64 Å². The van der Waals surface area contributed by atoms with Crippen molar-refractivity contribution in [2.45, 2.75) is 26.3 Å². The average Bonchev–Trinajstić information content (AvgIpc) is 3.17. The topological polar surface area (TPSA) is 56.6 Å². The molecule has 0 fully saturated rings. The van der Waals surface area contributed by atoms with Crippen LogP contribution in [0, 0.1) is 11.3 Å². The number of benzene rings is 1. The third-order valence-electron chi connectivity index (χ3n) is 4.21. The number of thiophene rings is 1. The van der Waals surface area contributed by atoms with Gasteiger partial charge in [-0.25, -0.2) is 0 Å². The zero-order valence-electron chi connectivity index (χ0n) is 15.5. The van der Waals surface area contributed by atoms with Crippen molar-refractivity contribution in [3.8, 4) is 11.8 Å². The summed E-state index contributed by atoms with van der Waals surface area (Å²) in [6, 6.07) is 13.8. The lowest BCUT2D eigenvalue weighted by Gasteiger charge is -2.28. The van der Waals surface area contributed by atoms with Gasteiger partial charge in [-0.15, -0.1) is 11.3 Å². The summed E-state index contributed by atoms with van der Waals surface area (Å²) >= 11 is 1.69. The summed E-state index contributed by atoms with van der Waals surface area (Å²) in [6.07, 6.45) is 0.295. The molecule has 0 aliphatic rings. The summed E-state index contributed by atoms with van der Waals surface area (Å²) in [7, 11) is 1.95. The standard InChI is InChI=1S/C20H25N3O2S/c1-4-25-18-10-8-17(9-11-18)23(13-6-12-21)20(24)15-22(3)16(2)19-7-5-14-26-19/h5,7-11,14,16H,4,6,13,15H2,1-3H3/t16-/m0/s1. The van der Waals surface area contributed by atoms with Gasteiger partial charge in [0.2, 0.25) is 5.91 Å². The van der Waals surface area contributed by atoms with E-state index in [1.165, 1.54) is 4.88 Å². The van der Waals surface area contributed by atoms with E-state index in [2.05, 4.69) is 19.1 Å². The van der Waals surface area contributed by atoms with Crippen LogP contribution in [0.5, 0.6) is 5.75 Å². The molecule has 6 heteroatoms. The minimum atomic E-state index is -0.0182. The number of ether oxygens (including phenoxy) is 1. The van der Waals surface area contributed by atoms with Crippen molar-refractivity contribution in [1.29, 1.82) is 5.26 Å². The molecule has 0 saturated heterocycles. The number of likely N-dealkylation sites (N-methyl/N-ethyl adjacent to an activating group) is 1. The maximum atomic E-state index is 12.9. The molecule has 2 rings (SSSR count). The highest BCUT2D eigenvalue weighted by atomic mass is 32.1. The summed E-state index contributed by atoms with van der Waals surface area (Å²) in [5, 5.41) is 11.0. The van der Waals surface area contributed by atoms with Crippen molar-refractivity contribution in [1.82, 2.24) is 4.90 Å². The maximum Gasteiger partial charge on any atom is 0.241 e. The number of nitriles is 1. The van der Waals surface area contributed by atoms with Crippen molar-refractivity contribution in [2.24, 2.45) is 0 Å². The van der Waals surface area contributed by atoms with E-state index in [1.54, 1.807) is 16.2 Å². The minimum Gasteiger partial charge on any atom is -0.494 e. The number of hydrogen-bond donors (Lipinski definition) is 0. The fraction of sp³-hybridized carbons (Fsp3) is 0.400. The van der Waals surface area contributed by atoms with E-state index < -0.39 is 0 Å². The predicted octanol–water partition coefficient (Wildman–Crippen LogP) is 4.09. The van der Waals surface area contributed by atoms with Crippen LogP contribution in [0.25, 0.3) is 0 Å². The van der Waals surface area contributed by atoms with Gasteiger partial charge >= 0.3 is 0 Å². The lowest BCUT2D eigenvalue weighted by atomic mass is 10.2. The number of amides is 1. The Labute approximate surface area is 159 Å². The first-order valence-electron chi connectivity index (χ1n) is 8.70. The first kappa shape index (κ1) is 20.0. The Bertz CT molecular complexity index is 723. The van der Waals surface area contributed by atoms with E-state index in [-0.39, 0.29) is 18.5 Å². The highest BCUT2D eigenvalue weighted by molar-refractivity contribution is 7.10. The minimum absolute atomic E-state index is 0.0182. The Morgan fingerprint density at radius 3 is 2.62 bits per heavy atom. The highest BCUT2D eigenvalue weighted by Crippen LogP contribution is 2.24. The molecule has 1 aromatic carbocycles. The second-order valence-corrected chi connectivity index (χ2v) is 6.97. The number of carbonyl (C=O) groups excluding carboxylic acids is 1. The van der Waals surface area contributed by atoms with E-state index in [0.717, 1.165) is 11.4 Å². The van der Waals surface area contributed by atoms with E-state index >= 15 is 0 Å². The molecule has 0 spiro atoms. The molecular formula is C20H25N3O2S. The van der Waals surface area contributed by atoms with Crippen molar-refractivity contribution in [3.05, 3.63) is 46.7 Å². The number of hydrogen-bond acceptors (Lipinski definition) is 5. The predicted molar refractivity (Wildman–Crippen MR) is 106 cm³/mol. The molecule has 0 radical (unpaired) electrons. The van der Waals surface area contributed by atoms with Crippen LogP contribution in [0.2, 0.25) is 0 Å². The molecule has 0 aliphatic carbocycles. The fourth-order valence-corrected chi connectivity index (χ4v) is 3.48. The SMILES string of the molecule is CCOc1ccc(N(CCC#N)C(=O)CN(C)[C@@H](C)c2cccs2)cc1. The molecule has 0 bridgehead atoms. The molecule has 1 heterocycles. The quantitative estimate of drug-likeness (QED) is 0.666. The van der Waals surface area contributed by atoms with Gasteiger partial charge in [0.05, 0.1) is 25.6 Å². The Hall–Kier alpha value is -2.36. The first-order chi connectivity index (χ1) is 12.6. The molecule has 0 saturated carbocycles. The van der Waals surface area contributed by atoms with E-state index in [0.29, 0.717) is 19.6 Å². The van der Waals surface area contributed by atoms with Gasteiger partial charge in [-0.2, -0.15) is 5.26 Å². The lowest BCUT2D eigenvalue weighted by molar-refractivity contribution is -0.119. The van der Waals surface area contributed by atoms with Crippen molar-refractivity contribution < 1.29 is 9.53 Å². The highest BCUT2D eigenvalue weighted by Gasteiger charge is 2.21. The van der Waals surface area contributed by atoms with E-state index in [9.17, 15) is 4.79 Å². The molecule has 5 nitrogen and oxygen atoms in total. The zero-order valence-corrected chi connectivity index (χ0v) is 16.3. The van der Waals surface area contributed by atoms with Gasteiger partial charge in [0.1, 0.15) is 5.75 Å². The fourth-order valence-electron chi connectivity index (χ4n) is 2.63. The molecular weight excluding hydrogens is 346 g/mol. The van der Waals surface area contributed by atoms with Gasteiger partial charge in [-0.3, -0.25) is 9.69 Å². The van der Waals surface area contributed by atoms with Crippen LogP contribution in [0.15, 0.2) is 41.8 Å². The van der Waals surface area contributed by atoms with Crippen LogP contribution in [0.3, 0.4) is 0 Å². The van der Waals surface area contributed by atoms with Crippen LogP contribution >= 0.6 is 11.3 Å². The molecule has 0 unspecified atom stereocenters. The second-order valence-electron chi connectivity index (χ2n) is 5.99. The summed E-state index contributed by atoms with van der Waals surface area (Å²) < 4.78 is 5.46. The largest absolute Gasteiger partial charge is 0.494 e. The summed E-state index contributed by atoms with van der Waals surface area (Å²) in [5.41, 5.74) is 0.783. The second kappa shape index (κ2) is 9.95. The Kier molecular flexibility index (Phi) is 7.64. The molecule has 1 amide bonds. The molecule has 26 heavy (non-hydrogen) atoms. The lowest BCUT2D eigenvalue weighted by Crippen LogP contribution is -2.40. The number of anilines is 1. The van der Waals surface area contributed by atoms with Crippen LogP contribution in [0.1, 0.15) is 31.2 Å². The van der Waals surface area contributed by atoms with Crippen molar-refractivity contribution in [3.63, 3.8) is 0 Å². The van der Waals surface area contributed by atoms with Crippen molar-refractivity contribution >= 4 is 22.9 Å². The number of nitrogens with zero attached hydrogens (tertiary/aromatic N) is 3. The summed E-state index contributed by atoms with van der Waals surface area (Å²) in [6.45, 7) is 5.29. The van der Waals surface area contributed by atoms with Crippen LogP contribution < -0.4 is 9.64 Å². The average molecular weight is 372 g/mol. The van der Waals surface area contributed by atoms with Crippen LogP contribution in [0.4, 0.5) is 5.69 Å². The smallest absolute Gasteiger partial charge is 0.241 e. The normalized spacial score (nSPS) is 11.8. The Morgan fingerprint density at radius 1 is 1.31 bits per heavy atom. The molecule has 1 atom stereocenters. The van der Waals surface area contributed by atoms with Crippen molar-refractivity contribution in [2.75, 3.05) is 31.6 Å². The Balaban J connectivity index is 2.09. The van der Waals surface area contributed by atoms with Gasteiger partial charge in [0.15, 0.2) is 0 Å². The number of carbonyl (C=O) groups is 1. The van der Waals surface area contributed by atoms with Crippen LogP contribution in [-0.2, 0) is 4.79 Å². The van der Waals surface area contributed by atoms with Gasteiger partial charge in [0, 0.05) is 23.2 Å². The monoisotopic (exact) mass is 371 g/mol. The third kappa shape index (κ3) is 5.32. The zero-order chi connectivity index (χ0) is 18.9. The maximum absolute atomic E-state index is 12.9. The molecule has 0 aliphatic heterocycles. The van der Waals surface area contributed by atoms with Crippen LogP contribution in [-0.4, -0.2) is 37.6 Å². The molecule has 0 N–H and O–H groups in total. The van der Waals surface area contributed by atoms with Gasteiger partial charge in [-0.1, -0.05) is 6.07 Å². The molecule has 138 valence electrons. The Morgan fingerprint density at radius 2 is 2.04 bits per heavy atom. The summed E-state index contributed by atoms with van der Waals surface area (Å²) in [4.78, 5) is 17.8. The first-order valence-corrected chi connectivity index (χ1v) is 9.58. The van der Waals surface area contributed by atoms with Gasteiger partial charge in [-0.05, 0) is 56.6 Å². The van der Waals surface area contributed by atoms with E-state index in [1.807, 2.05) is 54.6 Å². The summed E-state index contributed by atoms with van der Waals surface area (Å²) in [5.74, 6) is 0.752. The van der Waals surface area contributed by atoms with E-state index in [4.69, 9.17) is 10.00 Å².